The van der Waals surface area contributed by atoms with E-state index < -0.39 is 10.0 Å². The van der Waals surface area contributed by atoms with E-state index in [2.05, 4.69) is 10.3 Å². The number of nitrogens with zero attached hydrogens (tertiary/aromatic N) is 2. The Morgan fingerprint density at radius 2 is 1.79 bits per heavy atom. The number of hydrogen-bond acceptors (Lipinski definition) is 4. The smallest absolute Gasteiger partial charge is 0.264 e. The molecular weight excluding hydrogens is 374 g/mol. The zero-order valence-corrected chi connectivity index (χ0v) is 15.9. The summed E-state index contributed by atoms with van der Waals surface area (Å²) < 4.78 is 27.7. The fourth-order valence-electron chi connectivity index (χ4n) is 3.29. The first-order valence-corrected chi connectivity index (χ1v) is 10.4. The highest BCUT2D eigenvalue weighted by molar-refractivity contribution is 7.92. The van der Waals surface area contributed by atoms with Gasteiger partial charge >= 0.3 is 0 Å². The maximum atomic E-state index is 13.1. The van der Waals surface area contributed by atoms with E-state index in [1.165, 1.54) is 22.6 Å². The van der Waals surface area contributed by atoms with Crippen LogP contribution >= 0.6 is 0 Å². The van der Waals surface area contributed by atoms with Gasteiger partial charge in [-0.25, -0.2) is 8.42 Å². The van der Waals surface area contributed by atoms with Crippen molar-refractivity contribution < 1.29 is 13.2 Å². The molecule has 1 aliphatic rings. The minimum Gasteiger partial charge on any atom is -0.322 e. The van der Waals surface area contributed by atoms with Crippen molar-refractivity contribution in [2.75, 3.05) is 16.2 Å². The molecule has 2 aromatic carbocycles. The summed E-state index contributed by atoms with van der Waals surface area (Å²) in [6.45, 7) is 0.457. The lowest BCUT2D eigenvalue weighted by Gasteiger charge is -2.30. The number of para-hydroxylation sites is 1. The van der Waals surface area contributed by atoms with Gasteiger partial charge in [-0.3, -0.25) is 14.1 Å². The Morgan fingerprint density at radius 1 is 1.00 bits per heavy atom. The topological polar surface area (TPSA) is 79.4 Å². The van der Waals surface area contributed by atoms with Gasteiger partial charge in [-0.15, -0.1) is 0 Å². The molecule has 1 aromatic heterocycles. The largest absolute Gasteiger partial charge is 0.322 e. The highest BCUT2D eigenvalue weighted by Gasteiger charge is 2.28. The first-order chi connectivity index (χ1) is 13.6. The molecule has 7 heteroatoms. The predicted molar refractivity (Wildman–Crippen MR) is 108 cm³/mol. The van der Waals surface area contributed by atoms with Gasteiger partial charge in [0.1, 0.15) is 0 Å². The normalized spacial score (nSPS) is 13.6. The van der Waals surface area contributed by atoms with Crippen LogP contribution in [0.2, 0.25) is 0 Å². The quantitative estimate of drug-likeness (QED) is 0.736. The van der Waals surface area contributed by atoms with E-state index in [0.717, 1.165) is 24.1 Å². The first kappa shape index (κ1) is 18.2. The summed E-state index contributed by atoms with van der Waals surface area (Å²) in [5.41, 5.74) is 2.73. The van der Waals surface area contributed by atoms with Crippen LogP contribution < -0.4 is 9.62 Å². The van der Waals surface area contributed by atoms with E-state index in [1.54, 1.807) is 30.5 Å². The highest BCUT2D eigenvalue weighted by atomic mass is 32.2. The maximum absolute atomic E-state index is 13.1. The summed E-state index contributed by atoms with van der Waals surface area (Å²) in [6, 6.07) is 17.2. The average molecular weight is 393 g/mol. The molecule has 0 radical (unpaired) electrons. The fraction of sp³-hybridized carbons (Fsp3) is 0.143. The standard InChI is InChI=1S/C21H19N3O3S/c25-21(17-6-3-13-22-15-17)23-18-9-11-19(12-10-18)28(26,27)24-14-4-7-16-5-1-2-8-20(16)24/h1-3,5-6,8-13,15H,4,7,14H2,(H,23,25). The zero-order chi connectivity index (χ0) is 19.6. The molecule has 0 atom stereocenters. The Bertz CT molecular complexity index is 1100. The van der Waals surface area contributed by atoms with E-state index in [9.17, 15) is 13.2 Å². The van der Waals surface area contributed by atoms with Crippen molar-refractivity contribution in [3.8, 4) is 0 Å². The van der Waals surface area contributed by atoms with Gasteiger partial charge in [0.25, 0.3) is 15.9 Å². The average Bonchev–Trinajstić information content (AvgIpc) is 2.74. The Hall–Kier alpha value is -3.19. The molecule has 0 spiro atoms. The third-order valence-electron chi connectivity index (χ3n) is 4.69. The number of benzene rings is 2. The fourth-order valence-corrected chi connectivity index (χ4v) is 4.83. The lowest BCUT2D eigenvalue weighted by molar-refractivity contribution is 0.102. The summed E-state index contributed by atoms with van der Waals surface area (Å²) in [5, 5.41) is 2.74. The molecule has 0 fully saturated rings. The van der Waals surface area contributed by atoms with E-state index >= 15 is 0 Å². The number of anilines is 2. The molecule has 0 saturated carbocycles. The summed E-state index contributed by atoms with van der Waals surface area (Å²) in [7, 11) is -3.66. The van der Waals surface area contributed by atoms with Crippen LogP contribution in [0.15, 0.2) is 78.0 Å². The second kappa shape index (κ2) is 7.44. The third kappa shape index (κ3) is 3.48. The van der Waals surface area contributed by atoms with Gasteiger partial charge in [0.05, 0.1) is 16.1 Å². The molecule has 3 aromatic rings. The zero-order valence-electron chi connectivity index (χ0n) is 15.1. The number of rotatable bonds is 4. The predicted octanol–water partition coefficient (Wildman–Crippen LogP) is 3.48. The van der Waals surface area contributed by atoms with Gasteiger partial charge < -0.3 is 5.32 Å². The second-order valence-electron chi connectivity index (χ2n) is 6.53. The number of aryl methyl sites for hydroxylation is 1. The van der Waals surface area contributed by atoms with Crippen molar-refractivity contribution in [1.29, 1.82) is 0 Å². The van der Waals surface area contributed by atoms with Crippen LogP contribution in [0.5, 0.6) is 0 Å². The molecular formula is C21H19N3O3S. The number of amides is 1. The van der Waals surface area contributed by atoms with Gasteiger partial charge in [0.2, 0.25) is 0 Å². The summed E-state index contributed by atoms with van der Waals surface area (Å²) in [4.78, 5) is 16.3. The lowest BCUT2D eigenvalue weighted by atomic mass is 10.0. The summed E-state index contributed by atoms with van der Waals surface area (Å²) in [5.74, 6) is -0.298. The van der Waals surface area contributed by atoms with Gasteiger partial charge in [-0.05, 0) is 60.9 Å². The van der Waals surface area contributed by atoms with Crippen molar-refractivity contribution >= 4 is 27.3 Å². The SMILES string of the molecule is O=C(Nc1ccc(S(=O)(=O)N2CCCc3ccccc32)cc1)c1cccnc1. The van der Waals surface area contributed by atoms with Crippen LogP contribution in [-0.4, -0.2) is 25.9 Å². The molecule has 0 saturated heterocycles. The van der Waals surface area contributed by atoms with Crippen molar-refractivity contribution in [3.05, 3.63) is 84.2 Å². The van der Waals surface area contributed by atoms with Crippen LogP contribution in [0.4, 0.5) is 11.4 Å². The Kier molecular flexibility index (Phi) is 4.83. The number of carbonyl (C=O) groups excluding carboxylic acids is 1. The van der Waals surface area contributed by atoms with Crippen LogP contribution in [0.1, 0.15) is 22.3 Å². The van der Waals surface area contributed by atoms with E-state index in [1.807, 2.05) is 24.3 Å². The Balaban J connectivity index is 1.56. The molecule has 0 unspecified atom stereocenters. The number of fused-ring (bicyclic) bond motifs is 1. The van der Waals surface area contributed by atoms with Crippen molar-refractivity contribution in [3.63, 3.8) is 0 Å². The van der Waals surface area contributed by atoms with Crippen molar-refractivity contribution in [2.45, 2.75) is 17.7 Å². The molecule has 0 aliphatic carbocycles. The maximum Gasteiger partial charge on any atom is 0.264 e. The first-order valence-electron chi connectivity index (χ1n) is 8.98. The minimum atomic E-state index is -3.66. The number of pyridine rings is 1. The molecule has 142 valence electrons. The minimum absolute atomic E-state index is 0.198. The molecule has 6 nitrogen and oxygen atoms in total. The molecule has 0 bridgehead atoms. The van der Waals surface area contributed by atoms with Crippen molar-refractivity contribution in [1.82, 2.24) is 4.98 Å². The van der Waals surface area contributed by atoms with Gasteiger partial charge in [-0.1, -0.05) is 18.2 Å². The number of aromatic nitrogens is 1. The number of sulfonamides is 1. The summed E-state index contributed by atoms with van der Waals surface area (Å²) >= 11 is 0. The molecule has 1 N–H and O–H groups in total. The van der Waals surface area contributed by atoms with Crippen LogP contribution in [-0.2, 0) is 16.4 Å². The number of hydrogen-bond donors (Lipinski definition) is 1. The van der Waals surface area contributed by atoms with E-state index in [4.69, 9.17) is 0 Å². The van der Waals surface area contributed by atoms with Crippen LogP contribution in [0.25, 0.3) is 0 Å². The molecule has 1 amide bonds. The Labute approximate surface area is 163 Å². The van der Waals surface area contributed by atoms with Gasteiger partial charge in [-0.2, -0.15) is 0 Å². The van der Waals surface area contributed by atoms with E-state index in [-0.39, 0.29) is 10.8 Å². The number of carbonyl (C=O) groups is 1. The molecule has 4 rings (SSSR count). The van der Waals surface area contributed by atoms with Gasteiger partial charge in [0, 0.05) is 24.6 Å². The molecule has 28 heavy (non-hydrogen) atoms. The highest BCUT2D eigenvalue weighted by Crippen LogP contribution is 2.32. The monoisotopic (exact) mass is 393 g/mol. The van der Waals surface area contributed by atoms with Gasteiger partial charge in [0.15, 0.2) is 0 Å². The summed E-state index contributed by atoms with van der Waals surface area (Å²) in [6.07, 6.45) is 4.73. The third-order valence-corrected chi connectivity index (χ3v) is 6.52. The van der Waals surface area contributed by atoms with Crippen LogP contribution in [0, 0.1) is 0 Å². The lowest BCUT2D eigenvalue weighted by Crippen LogP contribution is -2.35. The molecule has 1 aliphatic heterocycles. The van der Waals surface area contributed by atoms with E-state index in [0.29, 0.717) is 17.8 Å². The van der Waals surface area contributed by atoms with Crippen LogP contribution in [0.3, 0.4) is 0 Å². The molecule has 2 heterocycles. The Morgan fingerprint density at radius 3 is 2.54 bits per heavy atom. The second-order valence-corrected chi connectivity index (χ2v) is 8.39. The number of nitrogens with one attached hydrogen (secondary N) is 1. The van der Waals surface area contributed by atoms with Crippen molar-refractivity contribution in [2.24, 2.45) is 0 Å².